The van der Waals surface area contributed by atoms with Crippen LogP contribution in [0.3, 0.4) is 0 Å². The van der Waals surface area contributed by atoms with Gasteiger partial charge in [-0.15, -0.1) is 0 Å². The first-order valence-corrected chi connectivity index (χ1v) is 13.1. The van der Waals surface area contributed by atoms with E-state index in [0.717, 1.165) is 0 Å². The third-order valence-corrected chi connectivity index (χ3v) is 7.08. The minimum Gasteiger partial charge on any atom is -0.507 e. The molecule has 3 heterocycles. The van der Waals surface area contributed by atoms with Crippen LogP contribution in [-0.2, 0) is 14.9 Å². The number of aliphatic hydroxyl groups is 2. The summed E-state index contributed by atoms with van der Waals surface area (Å²) in [5.74, 6) is -0.928. The molecule has 1 aliphatic heterocycles. The number of rotatable bonds is 8. The second-order valence-electron chi connectivity index (χ2n) is 8.59. The van der Waals surface area contributed by atoms with Gasteiger partial charge in [-0.05, 0) is 12.1 Å². The fraction of sp³-hybridized carbons (Fsp3) is 0.250. The van der Waals surface area contributed by atoms with Crippen LogP contribution in [0.1, 0.15) is 16.6 Å². The van der Waals surface area contributed by atoms with Crippen molar-refractivity contribution in [1.82, 2.24) is 29.0 Å². The van der Waals surface area contributed by atoms with Crippen LogP contribution in [0.25, 0.3) is 22.6 Å². The van der Waals surface area contributed by atoms with Gasteiger partial charge in [0.05, 0.1) is 19.0 Å². The SMILES string of the molecule is COc1nc(-c2ccccc2)nc2c1ncn2[C@@H]1O[C@H](CNS(=O)(=O)NC(=O)c2ccccc2O)[C@@H](O)[C@H]1O. The highest BCUT2D eigenvalue weighted by Crippen LogP contribution is 2.33. The van der Waals surface area contributed by atoms with E-state index in [9.17, 15) is 28.5 Å². The Morgan fingerprint density at radius 2 is 1.79 bits per heavy atom. The summed E-state index contributed by atoms with van der Waals surface area (Å²) in [5.41, 5.74) is 1.01. The molecule has 15 heteroatoms. The minimum atomic E-state index is -4.42. The van der Waals surface area contributed by atoms with E-state index < -0.39 is 53.0 Å². The van der Waals surface area contributed by atoms with Crippen LogP contribution in [0.5, 0.6) is 11.6 Å². The Morgan fingerprint density at radius 1 is 1.08 bits per heavy atom. The fourth-order valence-electron chi connectivity index (χ4n) is 4.13. The van der Waals surface area contributed by atoms with E-state index in [-0.39, 0.29) is 17.1 Å². The van der Waals surface area contributed by atoms with E-state index in [1.54, 1.807) is 4.72 Å². The predicted molar refractivity (Wildman–Crippen MR) is 136 cm³/mol. The van der Waals surface area contributed by atoms with Crippen molar-refractivity contribution in [2.24, 2.45) is 0 Å². The number of carbonyl (C=O) groups is 1. The molecule has 204 valence electrons. The highest BCUT2D eigenvalue weighted by atomic mass is 32.2. The summed E-state index contributed by atoms with van der Waals surface area (Å²) in [4.78, 5) is 25.5. The number of carbonyl (C=O) groups excluding carboxylic acids is 1. The smallest absolute Gasteiger partial charge is 0.301 e. The fourth-order valence-corrected chi connectivity index (χ4v) is 4.94. The number of phenols is 1. The van der Waals surface area contributed by atoms with Crippen molar-refractivity contribution >= 4 is 27.3 Å². The second-order valence-corrected chi connectivity index (χ2v) is 10.1. The molecule has 2 aromatic carbocycles. The molecule has 0 bridgehead atoms. The van der Waals surface area contributed by atoms with Crippen molar-refractivity contribution in [3.05, 3.63) is 66.5 Å². The molecular weight excluding hydrogens is 532 g/mol. The molecule has 1 amide bonds. The lowest BCUT2D eigenvalue weighted by atomic mass is 10.1. The van der Waals surface area contributed by atoms with Gasteiger partial charge in [0.1, 0.15) is 24.1 Å². The van der Waals surface area contributed by atoms with Crippen molar-refractivity contribution < 1.29 is 38.0 Å². The van der Waals surface area contributed by atoms with Crippen LogP contribution in [0, 0.1) is 0 Å². The van der Waals surface area contributed by atoms with Gasteiger partial charge < -0.3 is 24.8 Å². The highest BCUT2D eigenvalue weighted by molar-refractivity contribution is 7.88. The van der Waals surface area contributed by atoms with E-state index in [1.165, 1.54) is 42.3 Å². The van der Waals surface area contributed by atoms with Gasteiger partial charge in [-0.1, -0.05) is 42.5 Å². The molecule has 0 radical (unpaired) electrons. The van der Waals surface area contributed by atoms with Crippen LogP contribution in [0.4, 0.5) is 0 Å². The lowest BCUT2D eigenvalue weighted by Crippen LogP contribution is -2.45. The van der Waals surface area contributed by atoms with Gasteiger partial charge in [0.25, 0.3) is 5.91 Å². The Bertz CT molecular complexity index is 1610. The molecule has 0 unspecified atom stereocenters. The van der Waals surface area contributed by atoms with Gasteiger partial charge in [-0.3, -0.25) is 9.36 Å². The van der Waals surface area contributed by atoms with Crippen molar-refractivity contribution in [2.45, 2.75) is 24.5 Å². The van der Waals surface area contributed by atoms with Crippen LogP contribution in [0.15, 0.2) is 60.9 Å². The maximum atomic E-state index is 12.4. The lowest BCUT2D eigenvalue weighted by Gasteiger charge is -2.17. The van der Waals surface area contributed by atoms with E-state index in [1.807, 2.05) is 30.3 Å². The monoisotopic (exact) mass is 556 g/mol. The molecule has 0 aliphatic carbocycles. The molecule has 14 nitrogen and oxygen atoms in total. The Labute approximate surface area is 222 Å². The number of fused-ring (bicyclic) bond motifs is 1. The average Bonchev–Trinajstić information content (AvgIpc) is 3.47. The molecule has 0 saturated carbocycles. The van der Waals surface area contributed by atoms with Gasteiger partial charge in [0.15, 0.2) is 23.2 Å². The van der Waals surface area contributed by atoms with Gasteiger partial charge in [-0.2, -0.15) is 18.1 Å². The van der Waals surface area contributed by atoms with E-state index >= 15 is 0 Å². The second kappa shape index (κ2) is 10.5. The number of aromatic nitrogens is 4. The standard InChI is InChI=1S/C24H24N6O8S/c1-37-23-17-21(27-20(28-23)13-7-3-2-4-8-13)30(12-25-17)24-19(33)18(32)16(38-24)11-26-39(35,36)29-22(34)14-9-5-6-10-15(14)31/h2-10,12,16,18-19,24,26,31-33H,11H2,1H3,(H,29,34)/t16-,18-,19-,24-/m1/s1. The maximum Gasteiger partial charge on any atom is 0.301 e. The zero-order valence-electron chi connectivity index (χ0n) is 20.4. The summed E-state index contributed by atoms with van der Waals surface area (Å²) < 4.78 is 41.3. The number of benzene rings is 2. The number of nitrogens with zero attached hydrogens (tertiary/aromatic N) is 4. The first-order valence-electron chi connectivity index (χ1n) is 11.6. The number of para-hydroxylation sites is 1. The van der Waals surface area contributed by atoms with Crippen LogP contribution >= 0.6 is 0 Å². The zero-order chi connectivity index (χ0) is 27.7. The Hall–Kier alpha value is -4.15. The maximum absolute atomic E-state index is 12.4. The number of phenolic OH excluding ortho intramolecular Hbond substituents is 1. The van der Waals surface area contributed by atoms with Crippen LogP contribution in [0.2, 0.25) is 0 Å². The number of amides is 1. The minimum absolute atomic E-state index is 0.190. The summed E-state index contributed by atoms with van der Waals surface area (Å²) in [7, 11) is -2.98. The summed E-state index contributed by atoms with van der Waals surface area (Å²) in [5, 5.41) is 31.1. The summed E-state index contributed by atoms with van der Waals surface area (Å²) in [6.45, 7) is -0.488. The van der Waals surface area contributed by atoms with Crippen LogP contribution in [-0.4, -0.2) is 81.1 Å². The average molecular weight is 557 g/mol. The highest BCUT2D eigenvalue weighted by Gasteiger charge is 2.44. The number of aliphatic hydroxyl groups excluding tert-OH is 2. The third kappa shape index (κ3) is 5.25. The third-order valence-electron chi connectivity index (χ3n) is 6.08. The molecule has 1 fully saturated rings. The quantitative estimate of drug-likeness (QED) is 0.197. The normalized spacial score (nSPS) is 21.2. The van der Waals surface area contributed by atoms with E-state index in [0.29, 0.717) is 16.9 Å². The predicted octanol–water partition coefficient (Wildman–Crippen LogP) is 0.0911. The molecule has 2 aromatic heterocycles. The molecule has 5 rings (SSSR count). The van der Waals surface area contributed by atoms with Crippen molar-refractivity contribution in [1.29, 1.82) is 0 Å². The molecular formula is C24H24N6O8S. The van der Waals surface area contributed by atoms with E-state index in [2.05, 4.69) is 19.7 Å². The van der Waals surface area contributed by atoms with Crippen molar-refractivity contribution in [2.75, 3.05) is 13.7 Å². The summed E-state index contributed by atoms with van der Waals surface area (Å²) in [6, 6.07) is 14.5. The molecule has 1 aliphatic rings. The van der Waals surface area contributed by atoms with Crippen LogP contribution < -0.4 is 14.2 Å². The number of methoxy groups -OCH3 is 1. The van der Waals surface area contributed by atoms with Crippen molar-refractivity contribution in [3.63, 3.8) is 0 Å². The largest absolute Gasteiger partial charge is 0.507 e. The van der Waals surface area contributed by atoms with Gasteiger partial charge >= 0.3 is 10.2 Å². The molecule has 39 heavy (non-hydrogen) atoms. The zero-order valence-corrected chi connectivity index (χ0v) is 21.2. The number of nitrogens with one attached hydrogen (secondary N) is 2. The van der Waals surface area contributed by atoms with Gasteiger partial charge in [-0.25, -0.2) is 14.7 Å². The molecule has 4 atom stereocenters. The topological polar surface area (TPSA) is 198 Å². The Morgan fingerprint density at radius 3 is 2.51 bits per heavy atom. The first kappa shape index (κ1) is 26.5. The van der Waals surface area contributed by atoms with Gasteiger partial charge in [0, 0.05) is 12.1 Å². The number of ether oxygens (including phenoxy) is 2. The molecule has 4 aromatic rings. The first-order chi connectivity index (χ1) is 18.7. The number of imidazole rings is 1. The molecule has 0 spiro atoms. The van der Waals surface area contributed by atoms with Gasteiger partial charge in [0.2, 0.25) is 5.88 Å². The number of hydrogen-bond acceptors (Lipinski definition) is 11. The number of aromatic hydroxyl groups is 1. The van der Waals surface area contributed by atoms with Crippen molar-refractivity contribution in [3.8, 4) is 23.0 Å². The number of hydrogen-bond donors (Lipinski definition) is 5. The molecule has 5 N–H and O–H groups in total. The lowest BCUT2D eigenvalue weighted by molar-refractivity contribution is -0.0330. The van der Waals surface area contributed by atoms with E-state index in [4.69, 9.17) is 9.47 Å². The Balaban J connectivity index is 1.34. The summed E-state index contributed by atoms with van der Waals surface area (Å²) >= 11 is 0. The summed E-state index contributed by atoms with van der Waals surface area (Å²) in [6.07, 6.45) is -4.01. The Kier molecular flexibility index (Phi) is 7.16. The molecule has 1 saturated heterocycles.